The van der Waals surface area contributed by atoms with Crippen molar-refractivity contribution in [2.24, 2.45) is 0 Å². The van der Waals surface area contributed by atoms with E-state index in [2.05, 4.69) is 0 Å². The van der Waals surface area contributed by atoms with Crippen LogP contribution in [0.25, 0.3) is 0 Å². The lowest BCUT2D eigenvalue weighted by Crippen LogP contribution is -2.06. The van der Waals surface area contributed by atoms with Gasteiger partial charge in [-0.2, -0.15) is 0 Å². The topological polar surface area (TPSA) is 63.6 Å². The molecule has 0 atom stereocenters. The first-order valence-corrected chi connectivity index (χ1v) is 6.17. The van der Waals surface area contributed by atoms with Crippen LogP contribution in [0.2, 0.25) is 0 Å². The highest BCUT2D eigenvalue weighted by atomic mass is 16.5. The molecule has 20 heavy (non-hydrogen) atoms. The van der Waals surface area contributed by atoms with Crippen molar-refractivity contribution in [1.29, 1.82) is 0 Å². The number of carbonyl (C=O) groups excluding carboxylic acids is 1. The van der Waals surface area contributed by atoms with E-state index in [-0.39, 0.29) is 0 Å². The van der Waals surface area contributed by atoms with Crippen LogP contribution in [0.4, 0.5) is 0 Å². The monoisotopic (exact) mass is 270 g/mol. The lowest BCUT2D eigenvalue weighted by atomic mass is 10.1. The van der Waals surface area contributed by atoms with Gasteiger partial charge in [-0.05, 0) is 29.8 Å². The van der Waals surface area contributed by atoms with E-state index < -0.39 is 18.2 Å². The molecular formula is C16H14O4. The van der Waals surface area contributed by atoms with E-state index in [1.807, 2.05) is 30.3 Å². The summed E-state index contributed by atoms with van der Waals surface area (Å²) in [7, 11) is 0. The van der Waals surface area contributed by atoms with Gasteiger partial charge in [-0.3, -0.25) is 9.59 Å². The molecule has 0 amide bonds. The van der Waals surface area contributed by atoms with Gasteiger partial charge in [0.05, 0.1) is 0 Å². The number of Topliss-reactive ketones (excluding diaryl/α,β-unsaturated/α-hetero) is 1. The van der Waals surface area contributed by atoms with Crippen LogP contribution in [-0.2, 0) is 11.4 Å². The second-order valence-electron chi connectivity index (χ2n) is 4.29. The van der Waals surface area contributed by atoms with Crippen molar-refractivity contribution in [2.45, 2.75) is 13.0 Å². The maximum absolute atomic E-state index is 11.5. The van der Waals surface area contributed by atoms with Crippen LogP contribution in [-0.4, -0.2) is 16.9 Å². The second-order valence-corrected chi connectivity index (χ2v) is 4.29. The van der Waals surface area contributed by atoms with Crippen molar-refractivity contribution >= 4 is 11.8 Å². The Bertz CT molecular complexity index is 588. The fraction of sp³-hybridized carbons (Fsp3) is 0.125. The quantitative estimate of drug-likeness (QED) is 0.647. The predicted molar refractivity (Wildman–Crippen MR) is 73.8 cm³/mol. The normalized spacial score (nSPS) is 10.0. The smallest absolute Gasteiger partial charge is 0.311 e. The first-order chi connectivity index (χ1) is 9.65. The van der Waals surface area contributed by atoms with Crippen molar-refractivity contribution in [2.75, 3.05) is 0 Å². The van der Waals surface area contributed by atoms with Crippen molar-refractivity contribution in [3.05, 3.63) is 65.7 Å². The summed E-state index contributed by atoms with van der Waals surface area (Å²) in [6, 6.07) is 16.2. The zero-order valence-electron chi connectivity index (χ0n) is 10.8. The van der Waals surface area contributed by atoms with E-state index in [9.17, 15) is 9.59 Å². The lowest BCUT2D eigenvalue weighted by Gasteiger charge is -2.06. The molecule has 2 aromatic carbocycles. The SMILES string of the molecule is O=C(O)CC(=O)c1ccc(OCc2ccccc2)cc1. The van der Waals surface area contributed by atoms with Crippen molar-refractivity contribution < 1.29 is 19.4 Å². The number of carboxylic acid groups (broad SMARTS) is 1. The zero-order valence-corrected chi connectivity index (χ0v) is 10.8. The zero-order chi connectivity index (χ0) is 14.4. The molecular weight excluding hydrogens is 256 g/mol. The summed E-state index contributed by atoms with van der Waals surface area (Å²) >= 11 is 0. The Kier molecular flexibility index (Phi) is 4.50. The van der Waals surface area contributed by atoms with Gasteiger partial charge < -0.3 is 9.84 Å². The summed E-state index contributed by atoms with van der Waals surface area (Å²) in [5.74, 6) is -0.896. The maximum Gasteiger partial charge on any atom is 0.311 e. The third kappa shape index (κ3) is 3.95. The molecule has 0 fully saturated rings. The number of benzene rings is 2. The van der Waals surface area contributed by atoms with Crippen molar-refractivity contribution in [1.82, 2.24) is 0 Å². The van der Waals surface area contributed by atoms with Crippen LogP contribution >= 0.6 is 0 Å². The number of hydrogen-bond acceptors (Lipinski definition) is 3. The van der Waals surface area contributed by atoms with E-state index in [1.165, 1.54) is 0 Å². The van der Waals surface area contributed by atoms with Gasteiger partial charge in [0.1, 0.15) is 18.8 Å². The van der Waals surface area contributed by atoms with E-state index in [0.717, 1.165) is 5.56 Å². The van der Waals surface area contributed by atoms with E-state index in [1.54, 1.807) is 24.3 Å². The van der Waals surface area contributed by atoms with E-state index in [0.29, 0.717) is 17.9 Å². The molecule has 0 spiro atoms. The minimum Gasteiger partial charge on any atom is -0.489 e. The van der Waals surface area contributed by atoms with Crippen LogP contribution in [0, 0.1) is 0 Å². The van der Waals surface area contributed by atoms with Gasteiger partial charge in [0.2, 0.25) is 0 Å². The summed E-state index contributed by atoms with van der Waals surface area (Å²) < 4.78 is 5.58. The number of ether oxygens (including phenoxy) is 1. The highest BCUT2D eigenvalue weighted by molar-refractivity contribution is 6.05. The largest absolute Gasteiger partial charge is 0.489 e. The number of carboxylic acids is 1. The molecule has 0 unspecified atom stereocenters. The summed E-state index contributed by atoms with van der Waals surface area (Å²) in [6.45, 7) is 0.448. The second kappa shape index (κ2) is 6.52. The van der Waals surface area contributed by atoms with Gasteiger partial charge >= 0.3 is 5.97 Å². The summed E-state index contributed by atoms with van der Waals surface area (Å²) in [5.41, 5.74) is 1.43. The molecule has 1 N–H and O–H groups in total. The molecule has 0 saturated carbocycles. The first kappa shape index (κ1) is 13.8. The molecule has 2 rings (SSSR count). The van der Waals surface area contributed by atoms with Crippen LogP contribution in [0.5, 0.6) is 5.75 Å². The molecule has 0 bridgehead atoms. The van der Waals surface area contributed by atoms with Gasteiger partial charge in [-0.1, -0.05) is 30.3 Å². The minimum atomic E-state index is -1.13. The molecule has 0 saturated heterocycles. The average molecular weight is 270 g/mol. The minimum absolute atomic E-state index is 0.375. The Morgan fingerprint density at radius 3 is 2.20 bits per heavy atom. The molecule has 0 aliphatic carbocycles. The number of rotatable bonds is 6. The molecule has 102 valence electrons. The Morgan fingerprint density at radius 2 is 1.60 bits per heavy atom. The van der Waals surface area contributed by atoms with Crippen LogP contribution in [0.1, 0.15) is 22.3 Å². The molecule has 0 aliphatic rings. The van der Waals surface area contributed by atoms with Crippen molar-refractivity contribution in [3.8, 4) is 5.75 Å². The number of carbonyl (C=O) groups is 2. The summed E-state index contributed by atoms with van der Waals surface area (Å²) in [4.78, 5) is 22.0. The number of hydrogen-bond donors (Lipinski definition) is 1. The number of aliphatic carboxylic acids is 1. The van der Waals surface area contributed by atoms with Gasteiger partial charge in [-0.15, -0.1) is 0 Å². The molecule has 0 radical (unpaired) electrons. The van der Waals surface area contributed by atoms with Crippen molar-refractivity contribution in [3.63, 3.8) is 0 Å². The maximum atomic E-state index is 11.5. The Balaban J connectivity index is 1.95. The van der Waals surface area contributed by atoms with Crippen LogP contribution < -0.4 is 4.74 Å². The molecule has 4 nitrogen and oxygen atoms in total. The Morgan fingerprint density at radius 1 is 0.950 bits per heavy atom. The highest BCUT2D eigenvalue weighted by Gasteiger charge is 2.10. The summed E-state index contributed by atoms with van der Waals surface area (Å²) in [6.07, 6.45) is -0.496. The van der Waals surface area contributed by atoms with Crippen LogP contribution in [0.15, 0.2) is 54.6 Å². The third-order valence-corrected chi connectivity index (χ3v) is 2.74. The fourth-order valence-corrected chi connectivity index (χ4v) is 1.72. The lowest BCUT2D eigenvalue weighted by molar-refractivity contribution is -0.135. The Labute approximate surface area is 116 Å². The standard InChI is InChI=1S/C16H14O4/c17-15(10-16(18)19)13-6-8-14(9-7-13)20-11-12-4-2-1-3-5-12/h1-9H,10-11H2,(H,18,19). The number of ketones is 1. The Hall–Kier alpha value is -2.62. The highest BCUT2D eigenvalue weighted by Crippen LogP contribution is 2.15. The van der Waals surface area contributed by atoms with Gasteiger partial charge in [0.15, 0.2) is 5.78 Å². The molecule has 0 aromatic heterocycles. The third-order valence-electron chi connectivity index (χ3n) is 2.74. The molecule has 0 aliphatic heterocycles. The van der Waals surface area contributed by atoms with E-state index >= 15 is 0 Å². The van der Waals surface area contributed by atoms with Gasteiger partial charge in [0.25, 0.3) is 0 Å². The van der Waals surface area contributed by atoms with Gasteiger partial charge in [0, 0.05) is 5.56 Å². The molecule has 0 heterocycles. The average Bonchev–Trinajstić information content (AvgIpc) is 2.46. The molecule has 4 heteroatoms. The predicted octanol–water partition coefficient (Wildman–Crippen LogP) is 2.92. The fourth-order valence-electron chi connectivity index (χ4n) is 1.72. The first-order valence-electron chi connectivity index (χ1n) is 6.17. The van der Waals surface area contributed by atoms with E-state index in [4.69, 9.17) is 9.84 Å². The summed E-state index contributed by atoms with van der Waals surface area (Å²) in [5, 5.41) is 8.56. The molecule has 2 aromatic rings. The van der Waals surface area contributed by atoms with Crippen LogP contribution in [0.3, 0.4) is 0 Å². The van der Waals surface area contributed by atoms with Gasteiger partial charge in [-0.25, -0.2) is 0 Å².